The third-order valence-corrected chi connectivity index (χ3v) is 9.59. The number of carbonyl (C=O) groups excluding carboxylic acids is 2. The summed E-state index contributed by atoms with van der Waals surface area (Å²) in [6.07, 6.45) is 7.76. The number of H-pyrrole nitrogens is 1. The zero-order chi connectivity index (χ0) is 31.7. The van der Waals surface area contributed by atoms with Gasteiger partial charge in [-0.3, -0.25) is 9.59 Å². The van der Waals surface area contributed by atoms with Crippen LogP contribution in [0.2, 0.25) is 0 Å². The summed E-state index contributed by atoms with van der Waals surface area (Å²) in [6, 6.07) is 21.1. The van der Waals surface area contributed by atoms with Gasteiger partial charge in [0.05, 0.1) is 5.92 Å². The first-order valence-electron chi connectivity index (χ1n) is 16.7. The van der Waals surface area contributed by atoms with Crippen LogP contribution in [0.15, 0.2) is 73.1 Å². The maximum absolute atomic E-state index is 14.1. The molecule has 4 aromatic rings. The van der Waals surface area contributed by atoms with Crippen LogP contribution in [0.25, 0.3) is 22.2 Å². The molecule has 248 valence electrons. The zero-order valence-electron chi connectivity index (χ0n) is 27.3. The molecule has 3 fully saturated rings. The van der Waals surface area contributed by atoms with E-state index < -0.39 is 5.60 Å². The molecule has 1 atom stereocenters. The van der Waals surface area contributed by atoms with Crippen LogP contribution in [0, 0.1) is 5.92 Å². The normalized spacial score (nSPS) is 18.5. The fourth-order valence-corrected chi connectivity index (χ4v) is 6.95. The Morgan fingerprint density at radius 1 is 1.00 bits per heavy atom. The molecule has 0 spiro atoms. The van der Waals surface area contributed by atoms with Crippen LogP contribution >= 0.6 is 12.4 Å². The van der Waals surface area contributed by atoms with Crippen LogP contribution in [0.3, 0.4) is 0 Å². The number of pyridine rings is 1. The van der Waals surface area contributed by atoms with Crippen molar-refractivity contribution in [1.29, 1.82) is 0 Å². The third kappa shape index (κ3) is 7.26. The van der Waals surface area contributed by atoms with E-state index in [2.05, 4.69) is 67.5 Å². The summed E-state index contributed by atoms with van der Waals surface area (Å²) in [5, 5.41) is 4.40. The standard InChI is InChI=1S/C37H44N6O3.ClH/c1-37(2,36(45)41-21-18-38-19-22-41)46-31-7-3-6-30(23-31)42-20-4-5-28(25-42)35(44)43(29-12-13-29)24-26-8-10-27(11-9-26)32-14-16-39-34-33(32)15-17-40-34;/h3,6-11,14-17,23,28-29,38H,4-5,12-13,18-22,24-25H2,1-2H3,(H,39,40);1H/t28-;/m1./s1. The largest absolute Gasteiger partial charge is 0.478 e. The molecule has 3 aliphatic rings. The summed E-state index contributed by atoms with van der Waals surface area (Å²) in [7, 11) is 0. The summed E-state index contributed by atoms with van der Waals surface area (Å²) >= 11 is 0. The number of ether oxygens (including phenoxy) is 1. The second-order valence-electron chi connectivity index (χ2n) is 13.4. The summed E-state index contributed by atoms with van der Waals surface area (Å²) in [6.45, 7) is 8.91. The van der Waals surface area contributed by atoms with E-state index in [9.17, 15) is 9.59 Å². The Bertz CT molecular complexity index is 1700. The van der Waals surface area contributed by atoms with Crippen molar-refractivity contribution in [2.45, 2.75) is 57.7 Å². The van der Waals surface area contributed by atoms with Gasteiger partial charge in [0.1, 0.15) is 11.4 Å². The second kappa shape index (κ2) is 14.0. The number of piperazine rings is 1. The van der Waals surface area contributed by atoms with E-state index in [0.717, 1.165) is 78.7 Å². The van der Waals surface area contributed by atoms with E-state index in [1.54, 1.807) is 0 Å². The molecule has 2 N–H and O–H groups in total. The minimum absolute atomic E-state index is 0. The fourth-order valence-electron chi connectivity index (χ4n) is 6.95. The van der Waals surface area contributed by atoms with E-state index in [0.29, 0.717) is 38.0 Å². The predicted molar refractivity (Wildman–Crippen MR) is 188 cm³/mol. The number of hydrogen-bond donors (Lipinski definition) is 2. The Balaban J connectivity index is 0.00000386. The molecule has 4 heterocycles. The number of amides is 2. The summed E-state index contributed by atoms with van der Waals surface area (Å²) in [5.74, 6) is 0.886. The van der Waals surface area contributed by atoms with Crippen molar-refractivity contribution in [3.05, 3.63) is 78.6 Å². The smallest absolute Gasteiger partial charge is 0.266 e. The Labute approximate surface area is 283 Å². The first-order chi connectivity index (χ1) is 22.4. The van der Waals surface area contributed by atoms with Gasteiger partial charge in [-0.15, -0.1) is 12.4 Å². The first kappa shape index (κ1) is 32.8. The zero-order valence-corrected chi connectivity index (χ0v) is 28.1. The van der Waals surface area contributed by atoms with Crippen molar-refractivity contribution < 1.29 is 14.3 Å². The van der Waals surface area contributed by atoms with Gasteiger partial charge >= 0.3 is 0 Å². The second-order valence-corrected chi connectivity index (χ2v) is 13.4. The lowest BCUT2D eigenvalue weighted by molar-refractivity contribution is -0.146. The Hall–Kier alpha value is -4.08. The van der Waals surface area contributed by atoms with E-state index in [4.69, 9.17) is 4.74 Å². The number of aromatic amines is 1. The highest BCUT2D eigenvalue weighted by Crippen LogP contribution is 2.34. The minimum atomic E-state index is -0.966. The van der Waals surface area contributed by atoms with E-state index in [1.807, 2.05) is 49.3 Å². The summed E-state index contributed by atoms with van der Waals surface area (Å²) in [4.78, 5) is 41.2. The minimum Gasteiger partial charge on any atom is -0.478 e. The van der Waals surface area contributed by atoms with Gasteiger partial charge in [0, 0.05) is 81.4 Å². The van der Waals surface area contributed by atoms with Gasteiger partial charge in [0.2, 0.25) is 5.91 Å². The van der Waals surface area contributed by atoms with Crippen molar-refractivity contribution >= 4 is 40.9 Å². The van der Waals surface area contributed by atoms with Gasteiger partial charge in [-0.2, -0.15) is 0 Å². The van der Waals surface area contributed by atoms with Gasteiger partial charge in [-0.1, -0.05) is 30.3 Å². The van der Waals surface area contributed by atoms with Crippen molar-refractivity contribution in [2.24, 2.45) is 5.92 Å². The van der Waals surface area contributed by atoms with E-state index >= 15 is 0 Å². The molecule has 2 aliphatic heterocycles. The number of nitrogens with one attached hydrogen (secondary N) is 2. The molecule has 1 aliphatic carbocycles. The Morgan fingerprint density at radius 3 is 2.55 bits per heavy atom. The number of nitrogens with zero attached hydrogens (tertiary/aromatic N) is 4. The number of fused-ring (bicyclic) bond motifs is 1. The monoisotopic (exact) mass is 656 g/mol. The van der Waals surface area contributed by atoms with Crippen LogP contribution in [-0.2, 0) is 16.1 Å². The highest BCUT2D eigenvalue weighted by atomic mass is 35.5. The van der Waals surface area contributed by atoms with Crippen molar-refractivity contribution in [2.75, 3.05) is 44.2 Å². The number of hydrogen-bond acceptors (Lipinski definition) is 6. The van der Waals surface area contributed by atoms with E-state index in [1.165, 1.54) is 0 Å². The first-order valence-corrected chi connectivity index (χ1v) is 16.7. The molecule has 2 aromatic carbocycles. The Morgan fingerprint density at radius 2 is 1.79 bits per heavy atom. The summed E-state index contributed by atoms with van der Waals surface area (Å²) < 4.78 is 6.30. The van der Waals surface area contributed by atoms with Gasteiger partial charge < -0.3 is 29.7 Å². The van der Waals surface area contributed by atoms with Gasteiger partial charge in [0.15, 0.2) is 5.60 Å². The Kier molecular flexibility index (Phi) is 9.75. The molecule has 2 aromatic heterocycles. The molecular formula is C37H45ClN6O3. The number of rotatable bonds is 9. The number of halogens is 1. The maximum Gasteiger partial charge on any atom is 0.266 e. The number of benzene rings is 2. The van der Waals surface area contributed by atoms with Crippen LogP contribution in [0.1, 0.15) is 45.1 Å². The summed E-state index contributed by atoms with van der Waals surface area (Å²) in [5.41, 5.74) is 4.40. The highest BCUT2D eigenvalue weighted by molar-refractivity contribution is 5.92. The number of anilines is 1. The van der Waals surface area contributed by atoms with Crippen LogP contribution in [0.5, 0.6) is 5.75 Å². The van der Waals surface area contributed by atoms with Crippen LogP contribution in [0.4, 0.5) is 5.69 Å². The molecule has 2 saturated heterocycles. The molecular weight excluding hydrogens is 612 g/mol. The molecule has 2 amide bonds. The average Bonchev–Trinajstić information content (AvgIpc) is 3.82. The van der Waals surface area contributed by atoms with Gasteiger partial charge in [-0.25, -0.2) is 4.98 Å². The quantitative estimate of drug-likeness (QED) is 0.242. The van der Waals surface area contributed by atoms with Crippen LogP contribution < -0.4 is 15.0 Å². The van der Waals surface area contributed by atoms with Crippen molar-refractivity contribution in [3.63, 3.8) is 0 Å². The molecule has 9 nitrogen and oxygen atoms in total. The third-order valence-electron chi connectivity index (χ3n) is 9.59. The molecule has 10 heteroatoms. The molecule has 1 saturated carbocycles. The molecule has 0 unspecified atom stereocenters. The molecule has 47 heavy (non-hydrogen) atoms. The number of aromatic nitrogens is 2. The van der Waals surface area contributed by atoms with E-state index in [-0.39, 0.29) is 30.1 Å². The van der Waals surface area contributed by atoms with Crippen molar-refractivity contribution in [1.82, 2.24) is 25.1 Å². The van der Waals surface area contributed by atoms with Gasteiger partial charge in [-0.05, 0) is 80.5 Å². The molecule has 7 rings (SSSR count). The lowest BCUT2D eigenvalue weighted by atomic mass is 9.95. The topological polar surface area (TPSA) is 93.8 Å². The SMILES string of the molecule is CC(C)(Oc1cccc(N2CCC[C@@H](C(=O)N(Cc3ccc(-c4ccnc5[nH]ccc45)cc3)C3CC3)C2)c1)C(=O)N1CCNCC1.Cl. The number of piperidine rings is 1. The maximum atomic E-state index is 14.1. The fraction of sp³-hybridized carbons (Fsp3) is 0.432. The van der Waals surface area contributed by atoms with Gasteiger partial charge in [0.25, 0.3) is 5.91 Å². The molecule has 0 radical (unpaired) electrons. The average molecular weight is 657 g/mol. The highest BCUT2D eigenvalue weighted by Gasteiger charge is 2.38. The lowest BCUT2D eigenvalue weighted by Gasteiger charge is -2.37. The predicted octanol–water partition coefficient (Wildman–Crippen LogP) is 5.65. The van der Waals surface area contributed by atoms with Crippen LogP contribution in [-0.4, -0.2) is 82.5 Å². The lowest BCUT2D eigenvalue weighted by Crippen LogP contribution is -2.54. The number of carbonyl (C=O) groups is 2. The molecule has 0 bridgehead atoms. The van der Waals surface area contributed by atoms with Crippen molar-refractivity contribution in [3.8, 4) is 16.9 Å².